The highest BCUT2D eigenvalue weighted by Crippen LogP contribution is 2.26. The third kappa shape index (κ3) is 8.10. The van der Waals surface area contributed by atoms with Crippen molar-refractivity contribution in [1.82, 2.24) is 16.0 Å². The second-order valence-corrected chi connectivity index (χ2v) is 11.4. The number of rotatable bonds is 2. The normalized spacial score (nSPS) is 30.7. The van der Waals surface area contributed by atoms with E-state index in [2.05, 4.69) is 16.0 Å². The number of hydrogen-bond donors (Lipinski definition) is 3. The smallest absolute Gasteiger partial charge is 0.329 e. The number of fused-ring (bicyclic) bond motifs is 15. The molecule has 10 heteroatoms. The lowest BCUT2D eigenvalue weighted by atomic mass is 9.99. The molecule has 0 aromatic carbocycles. The first-order valence-electron chi connectivity index (χ1n) is 11.3. The van der Waals surface area contributed by atoms with E-state index in [0.717, 1.165) is 12.2 Å². The van der Waals surface area contributed by atoms with Gasteiger partial charge in [0.1, 0.15) is 18.2 Å². The van der Waals surface area contributed by atoms with Gasteiger partial charge < -0.3 is 20.7 Å². The number of nitrogens with one attached hydrogen (secondary N) is 3. The molecule has 4 atom stereocenters. The first kappa shape index (κ1) is 27.3. The minimum Gasteiger partial charge on any atom is -0.456 e. The van der Waals surface area contributed by atoms with Crippen LogP contribution in [0.5, 0.6) is 0 Å². The van der Waals surface area contributed by atoms with E-state index in [9.17, 15) is 19.2 Å². The van der Waals surface area contributed by atoms with Crippen LogP contribution in [-0.4, -0.2) is 59.4 Å². The summed E-state index contributed by atoms with van der Waals surface area (Å²) in [6.45, 7) is 9.04. The summed E-state index contributed by atoms with van der Waals surface area (Å²) in [5.74, 6) is -0.885. The van der Waals surface area contributed by atoms with Gasteiger partial charge in [-0.25, -0.2) is 4.79 Å². The molecule has 3 aliphatic heterocycles. The van der Waals surface area contributed by atoms with Crippen LogP contribution in [0.15, 0.2) is 23.8 Å². The molecule has 1 fully saturated rings. The Labute approximate surface area is 203 Å². The number of amides is 3. The molecule has 33 heavy (non-hydrogen) atoms. The van der Waals surface area contributed by atoms with Gasteiger partial charge in [-0.05, 0) is 31.3 Å². The summed E-state index contributed by atoms with van der Waals surface area (Å²) in [4.78, 5) is 52.2. The van der Waals surface area contributed by atoms with Crippen LogP contribution in [0.25, 0.3) is 0 Å². The van der Waals surface area contributed by atoms with Gasteiger partial charge in [-0.3, -0.25) is 14.4 Å². The van der Waals surface area contributed by atoms with E-state index in [1.54, 1.807) is 40.7 Å². The number of esters is 1. The first-order valence-corrected chi connectivity index (χ1v) is 13.8. The minimum atomic E-state index is -0.888. The van der Waals surface area contributed by atoms with Gasteiger partial charge in [0.2, 0.25) is 17.7 Å². The number of ether oxygens (including phenoxy) is 1. The van der Waals surface area contributed by atoms with Gasteiger partial charge in [-0.2, -0.15) is 0 Å². The van der Waals surface area contributed by atoms with Gasteiger partial charge in [0.15, 0.2) is 0 Å². The molecule has 0 saturated carbocycles. The Kier molecular flexibility index (Phi) is 10.8. The lowest BCUT2D eigenvalue weighted by molar-refractivity contribution is -0.153. The van der Waals surface area contributed by atoms with Gasteiger partial charge in [0.05, 0.1) is 12.5 Å². The second-order valence-electron chi connectivity index (χ2n) is 8.79. The molecule has 3 aliphatic rings. The fourth-order valence-electron chi connectivity index (χ4n) is 3.54. The van der Waals surface area contributed by atoms with Crippen molar-refractivity contribution in [1.29, 1.82) is 0 Å². The van der Waals surface area contributed by atoms with Crippen molar-refractivity contribution in [2.75, 3.05) is 11.5 Å². The van der Waals surface area contributed by atoms with E-state index in [4.69, 9.17) is 4.74 Å². The molecule has 0 aromatic rings. The Balaban J connectivity index is 2.56. The molecule has 8 nitrogen and oxygen atoms in total. The largest absolute Gasteiger partial charge is 0.456 e. The van der Waals surface area contributed by atoms with Gasteiger partial charge >= 0.3 is 5.97 Å². The van der Waals surface area contributed by atoms with E-state index < -0.39 is 36.1 Å². The number of allylic oxidation sites excluding steroid dienone is 2. The van der Waals surface area contributed by atoms with Crippen molar-refractivity contribution in [3.63, 3.8) is 0 Å². The Hall–Kier alpha value is -1.94. The average Bonchev–Trinajstić information content (AvgIpc) is 2.74. The summed E-state index contributed by atoms with van der Waals surface area (Å²) in [5.41, 5.74) is 0.366. The van der Waals surface area contributed by atoms with E-state index in [0.29, 0.717) is 11.3 Å². The van der Waals surface area contributed by atoms with Crippen molar-refractivity contribution in [2.24, 2.45) is 11.8 Å². The van der Waals surface area contributed by atoms with Crippen molar-refractivity contribution in [2.45, 2.75) is 71.7 Å². The SMILES string of the molecule is C/C=C1/C(=O)N[C@@H](C(C)C)C(=O)O[C@@H]2/C=C/CCSSC[C@H]1NC(=O)[C@@H](C(C)C)NC(=O)C2. The summed E-state index contributed by atoms with van der Waals surface area (Å²) >= 11 is 0. The third-order valence-electron chi connectivity index (χ3n) is 5.43. The van der Waals surface area contributed by atoms with Crippen LogP contribution in [0.1, 0.15) is 47.5 Å². The Bertz CT molecular complexity index is 797. The lowest BCUT2D eigenvalue weighted by Crippen LogP contribution is -2.55. The van der Waals surface area contributed by atoms with Gasteiger partial charge in [0.25, 0.3) is 0 Å². The number of hydrogen-bond acceptors (Lipinski definition) is 7. The zero-order chi connectivity index (χ0) is 24.5. The van der Waals surface area contributed by atoms with Crippen molar-refractivity contribution in [3.8, 4) is 0 Å². The van der Waals surface area contributed by atoms with Crippen molar-refractivity contribution >= 4 is 45.3 Å². The summed E-state index contributed by atoms with van der Waals surface area (Å²) in [6, 6.07) is -2.25. The molecule has 3 amide bonds. The summed E-state index contributed by atoms with van der Waals surface area (Å²) in [7, 11) is 3.21. The molecular weight excluding hydrogens is 462 g/mol. The summed E-state index contributed by atoms with van der Waals surface area (Å²) in [5, 5.41) is 8.55. The van der Waals surface area contributed by atoms with Crippen LogP contribution in [0.4, 0.5) is 0 Å². The molecule has 0 radical (unpaired) electrons. The highest BCUT2D eigenvalue weighted by atomic mass is 33.1. The molecule has 0 spiro atoms. The predicted octanol–water partition coefficient (Wildman–Crippen LogP) is 2.36. The molecule has 3 rings (SSSR count). The van der Waals surface area contributed by atoms with Crippen LogP contribution in [0.2, 0.25) is 0 Å². The maximum atomic E-state index is 13.2. The van der Waals surface area contributed by atoms with Gasteiger partial charge in [-0.15, -0.1) is 0 Å². The van der Waals surface area contributed by atoms with Gasteiger partial charge in [-0.1, -0.05) is 61.4 Å². The van der Waals surface area contributed by atoms with Crippen LogP contribution < -0.4 is 16.0 Å². The molecule has 0 unspecified atom stereocenters. The van der Waals surface area contributed by atoms with Crippen LogP contribution in [0.3, 0.4) is 0 Å². The van der Waals surface area contributed by atoms with Crippen LogP contribution >= 0.6 is 21.6 Å². The first-order chi connectivity index (χ1) is 15.6. The molecular formula is C23H35N3O5S2. The van der Waals surface area contributed by atoms with Crippen LogP contribution in [-0.2, 0) is 23.9 Å². The molecule has 2 bridgehead atoms. The summed E-state index contributed by atoms with van der Waals surface area (Å²) < 4.78 is 5.67. The van der Waals surface area contributed by atoms with Crippen molar-refractivity contribution < 1.29 is 23.9 Å². The average molecular weight is 498 g/mol. The van der Waals surface area contributed by atoms with E-state index in [1.807, 2.05) is 33.8 Å². The minimum absolute atomic E-state index is 0.108. The van der Waals surface area contributed by atoms with Gasteiger partial charge in [0, 0.05) is 17.1 Å². The second kappa shape index (κ2) is 13.1. The predicted molar refractivity (Wildman–Crippen MR) is 132 cm³/mol. The topological polar surface area (TPSA) is 114 Å². The van der Waals surface area contributed by atoms with Crippen LogP contribution in [0, 0.1) is 11.8 Å². The Morgan fingerprint density at radius 2 is 1.70 bits per heavy atom. The fourth-order valence-corrected chi connectivity index (χ4v) is 5.73. The molecule has 3 heterocycles. The Morgan fingerprint density at radius 1 is 1.00 bits per heavy atom. The molecule has 184 valence electrons. The zero-order valence-corrected chi connectivity index (χ0v) is 21.5. The third-order valence-corrected chi connectivity index (χ3v) is 7.88. The van der Waals surface area contributed by atoms with E-state index in [1.165, 1.54) is 0 Å². The van der Waals surface area contributed by atoms with E-state index >= 15 is 0 Å². The number of carbonyl (C=O) groups is 4. The zero-order valence-electron chi connectivity index (χ0n) is 19.9. The maximum Gasteiger partial charge on any atom is 0.329 e. The summed E-state index contributed by atoms with van der Waals surface area (Å²) in [6.07, 6.45) is 5.10. The monoisotopic (exact) mass is 497 g/mol. The molecule has 0 aliphatic carbocycles. The Morgan fingerprint density at radius 3 is 2.33 bits per heavy atom. The van der Waals surface area contributed by atoms with Crippen molar-refractivity contribution in [3.05, 3.63) is 23.8 Å². The molecule has 3 N–H and O–H groups in total. The standard InChI is InChI=1S/C23H35N3O5S2/c1-6-16-17-12-33-32-10-8-7-9-15(31-23(30)20(14(4)5)26-21(16)28)11-18(27)25-19(13(2)3)22(29)24-17/h6-7,9,13-15,17,19-20H,8,10-12H2,1-5H3,(H,24,29)(H,25,27)(H,26,28)/b9-7+,16-6+/t15-,17-,19-,20+/m1/s1. The quantitative estimate of drug-likeness (QED) is 0.232. The fraction of sp³-hybridized carbons (Fsp3) is 0.652. The van der Waals surface area contributed by atoms with E-state index in [-0.39, 0.29) is 30.1 Å². The highest BCUT2D eigenvalue weighted by Gasteiger charge is 2.34. The molecule has 0 aromatic heterocycles. The lowest BCUT2D eigenvalue weighted by Gasteiger charge is -2.29. The molecule has 1 saturated heterocycles. The number of carbonyl (C=O) groups excluding carboxylic acids is 4. The highest BCUT2D eigenvalue weighted by molar-refractivity contribution is 8.76. The maximum absolute atomic E-state index is 13.2.